The quantitative estimate of drug-likeness (QED) is 0.166. The van der Waals surface area contributed by atoms with E-state index in [1.165, 1.54) is 18.4 Å². The lowest BCUT2D eigenvalue weighted by atomic mass is 9.95. The molecular formula is C24H20ClN5O6S2. The number of non-ortho nitro benzene ring substituents is 1. The van der Waals surface area contributed by atoms with Gasteiger partial charge in [-0.15, -0.1) is 11.3 Å². The van der Waals surface area contributed by atoms with Crippen molar-refractivity contribution in [3.8, 4) is 0 Å². The van der Waals surface area contributed by atoms with Crippen molar-refractivity contribution in [3.63, 3.8) is 0 Å². The van der Waals surface area contributed by atoms with Crippen LogP contribution >= 0.6 is 22.9 Å². The number of hydrogen-bond acceptors (Lipinski definition) is 10. The van der Waals surface area contributed by atoms with E-state index in [2.05, 4.69) is 20.0 Å². The zero-order valence-corrected chi connectivity index (χ0v) is 22.2. The van der Waals surface area contributed by atoms with Gasteiger partial charge in [-0.05, 0) is 49.4 Å². The molecule has 0 atom stereocenters. The second-order valence-corrected chi connectivity index (χ2v) is 11.6. The average Bonchev–Trinajstić information content (AvgIpc) is 3.26. The number of halogens is 1. The topological polar surface area (TPSA) is 153 Å². The van der Waals surface area contributed by atoms with Crippen LogP contribution in [0.4, 0.5) is 22.3 Å². The largest absolute Gasteiger partial charge is 0.465 e. The standard InChI is InChI=1S/C24H20ClN5O6S2/c1-36-24(31)20-14-6-2-5-9-18(14)37-23(20)28-21-22(27-17-8-4-3-7-16(17)26-21)29-38(34,35)19-12-13(30(32)33)10-11-15(19)25/h3-4,7-8,10-12H,2,5-6,9H2,1H3,(H,26,28)(H,27,29). The van der Waals surface area contributed by atoms with Crippen molar-refractivity contribution in [3.05, 3.63) is 73.6 Å². The van der Waals surface area contributed by atoms with Crippen molar-refractivity contribution in [1.29, 1.82) is 0 Å². The van der Waals surface area contributed by atoms with Gasteiger partial charge in [-0.2, -0.15) is 0 Å². The van der Waals surface area contributed by atoms with E-state index >= 15 is 0 Å². The number of sulfonamides is 1. The fraction of sp³-hybridized carbons (Fsp3) is 0.208. The van der Waals surface area contributed by atoms with Crippen LogP contribution in [-0.4, -0.2) is 36.4 Å². The van der Waals surface area contributed by atoms with Crippen LogP contribution in [0.2, 0.25) is 5.02 Å². The first-order valence-electron chi connectivity index (χ1n) is 11.4. The smallest absolute Gasteiger partial charge is 0.341 e. The second-order valence-electron chi connectivity index (χ2n) is 8.42. The molecule has 0 fully saturated rings. The third kappa shape index (κ3) is 4.87. The number of thiophene rings is 1. The maximum atomic E-state index is 13.3. The lowest BCUT2D eigenvalue weighted by Gasteiger charge is -2.15. The van der Waals surface area contributed by atoms with Gasteiger partial charge in [0.1, 0.15) is 9.90 Å². The number of carbonyl (C=O) groups is 1. The number of carbonyl (C=O) groups excluding carboxylic acids is 1. The van der Waals surface area contributed by atoms with E-state index in [9.17, 15) is 23.3 Å². The molecule has 2 N–H and O–H groups in total. The van der Waals surface area contributed by atoms with Gasteiger partial charge in [0.05, 0.1) is 33.7 Å². The number of para-hydroxylation sites is 2. The molecule has 14 heteroatoms. The number of nitro benzene ring substituents is 1. The summed E-state index contributed by atoms with van der Waals surface area (Å²) in [5, 5.41) is 14.6. The van der Waals surface area contributed by atoms with E-state index in [1.807, 2.05) is 0 Å². The van der Waals surface area contributed by atoms with Crippen LogP contribution in [0.25, 0.3) is 11.0 Å². The summed E-state index contributed by atoms with van der Waals surface area (Å²) in [6.07, 6.45) is 3.49. The van der Waals surface area contributed by atoms with Gasteiger partial charge in [-0.3, -0.25) is 14.8 Å². The Labute approximate surface area is 226 Å². The number of rotatable bonds is 7. The highest BCUT2D eigenvalue weighted by Crippen LogP contribution is 2.41. The van der Waals surface area contributed by atoms with Crippen molar-refractivity contribution in [1.82, 2.24) is 9.97 Å². The molecule has 0 saturated heterocycles. The molecule has 0 bridgehead atoms. The summed E-state index contributed by atoms with van der Waals surface area (Å²) in [7, 11) is -3.13. The molecule has 5 rings (SSSR count). The van der Waals surface area contributed by atoms with E-state index < -0.39 is 31.5 Å². The molecule has 0 spiro atoms. The molecule has 0 unspecified atom stereocenters. The molecule has 2 aromatic carbocycles. The van der Waals surface area contributed by atoms with Crippen molar-refractivity contribution in [2.75, 3.05) is 17.1 Å². The summed E-state index contributed by atoms with van der Waals surface area (Å²) in [4.78, 5) is 32.8. The number of methoxy groups -OCH3 is 1. The highest BCUT2D eigenvalue weighted by Gasteiger charge is 2.28. The number of benzene rings is 2. The summed E-state index contributed by atoms with van der Waals surface area (Å²) in [5.74, 6) is -0.641. The minimum absolute atomic E-state index is 0.0394. The van der Waals surface area contributed by atoms with E-state index in [-0.39, 0.29) is 16.7 Å². The normalized spacial score (nSPS) is 13.1. The Morgan fingerprint density at radius 3 is 2.47 bits per heavy atom. The average molecular weight is 574 g/mol. The predicted molar refractivity (Wildman–Crippen MR) is 144 cm³/mol. The Hall–Kier alpha value is -3.81. The van der Waals surface area contributed by atoms with E-state index in [0.29, 0.717) is 21.6 Å². The number of nitro groups is 1. The molecule has 196 valence electrons. The number of aryl methyl sites for hydroxylation is 1. The summed E-state index contributed by atoms with van der Waals surface area (Å²) >= 11 is 7.49. The number of ether oxygens (including phenoxy) is 1. The van der Waals surface area contributed by atoms with Crippen molar-refractivity contribution in [2.24, 2.45) is 0 Å². The van der Waals surface area contributed by atoms with Gasteiger partial charge in [0, 0.05) is 17.0 Å². The molecule has 2 heterocycles. The molecule has 2 aromatic heterocycles. The highest BCUT2D eigenvalue weighted by atomic mass is 35.5. The van der Waals surface area contributed by atoms with Crippen LogP contribution in [-0.2, 0) is 27.6 Å². The van der Waals surface area contributed by atoms with Crippen LogP contribution in [0.1, 0.15) is 33.6 Å². The molecule has 1 aliphatic rings. The van der Waals surface area contributed by atoms with Gasteiger partial charge in [0.15, 0.2) is 11.6 Å². The molecule has 4 aromatic rings. The molecule has 0 radical (unpaired) electrons. The van der Waals surface area contributed by atoms with Crippen LogP contribution in [0.3, 0.4) is 0 Å². The van der Waals surface area contributed by atoms with E-state index in [0.717, 1.165) is 54.3 Å². The Kier molecular flexibility index (Phi) is 6.90. The number of nitrogens with one attached hydrogen (secondary N) is 2. The zero-order chi connectivity index (χ0) is 27.0. The van der Waals surface area contributed by atoms with Crippen molar-refractivity contribution >= 4 is 72.3 Å². The molecule has 0 saturated carbocycles. The monoisotopic (exact) mass is 573 g/mol. The first-order chi connectivity index (χ1) is 18.2. The Balaban J connectivity index is 1.62. The van der Waals surface area contributed by atoms with E-state index in [4.69, 9.17) is 16.3 Å². The molecule has 11 nitrogen and oxygen atoms in total. The summed E-state index contributed by atoms with van der Waals surface area (Å²) in [6, 6.07) is 9.97. The minimum atomic E-state index is -4.43. The Bertz CT molecular complexity index is 1710. The fourth-order valence-electron chi connectivity index (χ4n) is 4.23. The van der Waals surface area contributed by atoms with Gasteiger partial charge in [0.25, 0.3) is 15.7 Å². The third-order valence-electron chi connectivity index (χ3n) is 6.01. The van der Waals surface area contributed by atoms with Gasteiger partial charge < -0.3 is 10.1 Å². The lowest BCUT2D eigenvalue weighted by molar-refractivity contribution is -0.385. The number of nitrogens with zero attached hydrogens (tertiary/aromatic N) is 3. The van der Waals surface area contributed by atoms with Gasteiger partial charge >= 0.3 is 5.97 Å². The van der Waals surface area contributed by atoms with Crippen molar-refractivity contribution < 1.29 is 22.9 Å². The Morgan fingerprint density at radius 1 is 1.11 bits per heavy atom. The number of hydrogen-bond donors (Lipinski definition) is 2. The maximum absolute atomic E-state index is 13.3. The lowest BCUT2D eigenvalue weighted by Crippen LogP contribution is -2.17. The first kappa shape index (κ1) is 25.8. The fourth-order valence-corrected chi connectivity index (χ4v) is 7.04. The number of anilines is 3. The summed E-state index contributed by atoms with van der Waals surface area (Å²) in [6.45, 7) is 0. The highest BCUT2D eigenvalue weighted by molar-refractivity contribution is 7.92. The Morgan fingerprint density at radius 2 is 1.79 bits per heavy atom. The van der Waals surface area contributed by atoms with E-state index in [1.54, 1.807) is 24.3 Å². The van der Waals surface area contributed by atoms with Crippen LogP contribution in [0.5, 0.6) is 0 Å². The van der Waals surface area contributed by atoms with Gasteiger partial charge in [-0.25, -0.2) is 23.2 Å². The van der Waals surface area contributed by atoms with Crippen LogP contribution in [0.15, 0.2) is 47.4 Å². The number of aromatic nitrogens is 2. The number of esters is 1. The number of fused-ring (bicyclic) bond motifs is 2. The molecule has 0 amide bonds. The van der Waals surface area contributed by atoms with Crippen LogP contribution in [0, 0.1) is 10.1 Å². The maximum Gasteiger partial charge on any atom is 0.341 e. The first-order valence-corrected chi connectivity index (χ1v) is 14.1. The van der Waals surface area contributed by atoms with Gasteiger partial charge in [0.2, 0.25) is 0 Å². The zero-order valence-electron chi connectivity index (χ0n) is 19.9. The predicted octanol–water partition coefficient (Wildman–Crippen LogP) is 5.46. The second kappa shape index (κ2) is 10.2. The molecule has 1 aliphatic carbocycles. The van der Waals surface area contributed by atoms with Crippen molar-refractivity contribution in [2.45, 2.75) is 30.6 Å². The molecule has 38 heavy (non-hydrogen) atoms. The molecular weight excluding hydrogens is 554 g/mol. The summed E-state index contributed by atoms with van der Waals surface area (Å²) in [5.41, 5.74) is 1.74. The minimum Gasteiger partial charge on any atom is -0.465 e. The molecule has 0 aliphatic heterocycles. The SMILES string of the molecule is COC(=O)c1c(Nc2nc3ccccc3nc2NS(=O)(=O)c2cc([N+](=O)[O-])ccc2Cl)sc2c1CCCC2. The van der Waals surface area contributed by atoms with Gasteiger partial charge in [-0.1, -0.05) is 23.7 Å². The third-order valence-corrected chi connectivity index (χ3v) is 9.04. The summed E-state index contributed by atoms with van der Waals surface area (Å²) < 4.78 is 34.1. The van der Waals surface area contributed by atoms with Crippen LogP contribution < -0.4 is 10.0 Å².